The van der Waals surface area contributed by atoms with Gasteiger partial charge in [-0.15, -0.1) is 0 Å². The summed E-state index contributed by atoms with van der Waals surface area (Å²) >= 11 is 0. The Morgan fingerprint density at radius 1 is 1.11 bits per heavy atom. The number of pyridine rings is 1. The fraction of sp³-hybridized carbons (Fsp3) is 0.625. The van der Waals surface area contributed by atoms with E-state index in [2.05, 4.69) is 27.7 Å². The van der Waals surface area contributed by atoms with Crippen LogP contribution < -0.4 is 0 Å². The molecule has 2 nitrogen and oxygen atoms in total. The quantitative estimate of drug-likeness (QED) is 0.739. The first kappa shape index (κ1) is 11.9. The van der Waals surface area contributed by atoms with Gasteiger partial charge in [0.05, 0.1) is 0 Å². The van der Waals surface area contributed by atoms with Gasteiger partial charge < -0.3 is 0 Å². The molecule has 3 rings (SSSR count). The van der Waals surface area contributed by atoms with Gasteiger partial charge in [0.15, 0.2) is 0 Å². The van der Waals surface area contributed by atoms with E-state index < -0.39 is 0 Å². The molecule has 0 radical (unpaired) electrons. The predicted molar refractivity (Wildman–Crippen MR) is 75.6 cm³/mol. The number of hydrogen-bond donors (Lipinski definition) is 0. The highest BCUT2D eigenvalue weighted by Crippen LogP contribution is 2.41. The van der Waals surface area contributed by atoms with E-state index in [1.54, 1.807) is 0 Å². The first-order chi connectivity index (χ1) is 8.59. The summed E-state index contributed by atoms with van der Waals surface area (Å²) in [5.41, 5.74) is 8.34. The lowest BCUT2D eigenvalue weighted by Crippen LogP contribution is -2.15. The number of aryl methyl sites for hydroxylation is 1. The fourth-order valence-electron chi connectivity index (χ4n) is 3.51. The summed E-state index contributed by atoms with van der Waals surface area (Å²) in [4.78, 5) is 9.58. The molecule has 2 heteroatoms. The number of fused-ring (bicyclic) bond motifs is 1. The zero-order valence-electron chi connectivity index (χ0n) is 11.9. The molecule has 2 unspecified atom stereocenters. The SMILES string of the molecule is Cc1nc2c(c(C)c1C)CC(C1=NCCC1)C2C. The Morgan fingerprint density at radius 3 is 2.56 bits per heavy atom. The van der Waals surface area contributed by atoms with Crippen molar-refractivity contribution in [3.63, 3.8) is 0 Å². The van der Waals surface area contributed by atoms with Gasteiger partial charge >= 0.3 is 0 Å². The lowest BCUT2D eigenvalue weighted by atomic mass is 9.90. The maximum atomic E-state index is 4.86. The standard InChI is InChI=1S/C16H22N2/c1-9-10(2)14-8-13(15-6-5-7-17-15)11(3)16(14)18-12(9)4/h11,13H,5-8H2,1-4H3. The second kappa shape index (κ2) is 4.18. The summed E-state index contributed by atoms with van der Waals surface area (Å²) in [5, 5.41) is 0. The van der Waals surface area contributed by atoms with Gasteiger partial charge in [-0.3, -0.25) is 9.98 Å². The second-order valence-corrected chi connectivity index (χ2v) is 5.89. The molecule has 1 aromatic heterocycles. The van der Waals surface area contributed by atoms with Gasteiger partial charge in [-0.2, -0.15) is 0 Å². The van der Waals surface area contributed by atoms with E-state index in [0.29, 0.717) is 11.8 Å². The van der Waals surface area contributed by atoms with E-state index in [1.165, 1.54) is 46.6 Å². The molecule has 96 valence electrons. The van der Waals surface area contributed by atoms with Crippen LogP contribution in [0.2, 0.25) is 0 Å². The smallest absolute Gasteiger partial charge is 0.0476 e. The van der Waals surface area contributed by atoms with Crippen LogP contribution in [0.4, 0.5) is 0 Å². The molecular formula is C16H22N2. The second-order valence-electron chi connectivity index (χ2n) is 5.89. The van der Waals surface area contributed by atoms with Gasteiger partial charge in [0.25, 0.3) is 0 Å². The Hall–Kier alpha value is -1.18. The topological polar surface area (TPSA) is 25.2 Å². The van der Waals surface area contributed by atoms with Gasteiger partial charge in [-0.1, -0.05) is 6.92 Å². The van der Waals surface area contributed by atoms with E-state index in [-0.39, 0.29) is 0 Å². The zero-order valence-corrected chi connectivity index (χ0v) is 11.9. The van der Waals surface area contributed by atoms with Gasteiger partial charge in [-0.25, -0.2) is 0 Å². The van der Waals surface area contributed by atoms with E-state index >= 15 is 0 Å². The molecule has 2 heterocycles. The molecule has 0 N–H and O–H groups in total. The van der Waals surface area contributed by atoms with Crippen LogP contribution in [-0.2, 0) is 6.42 Å². The summed E-state index contributed by atoms with van der Waals surface area (Å²) in [7, 11) is 0. The highest BCUT2D eigenvalue weighted by molar-refractivity contribution is 5.89. The van der Waals surface area contributed by atoms with Crippen molar-refractivity contribution in [1.29, 1.82) is 0 Å². The Bertz CT molecular complexity index is 528. The maximum Gasteiger partial charge on any atom is 0.0476 e. The third-order valence-corrected chi connectivity index (χ3v) is 4.95. The lowest BCUT2D eigenvalue weighted by molar-refractivity contribution is 0.610. The molecule has 0 amide bonds. The normalized spacial score (nSPS) is 26.3. The number of aromatic nitrogens is 1. The summed E-state index contributed by atoms with van der Waals surface area (Å²) < 4.78 is 0. The van der Waals surface area contributed by atoms with Crippen molar-refractivity contribution in [2.45, 2.75) is 52.9 Å². The molecule has 0 saturated carbocycles. The third kappa shape index (κ3) is 1.62. The van der Waals surface area contributed by atoms with Crippen LogP contribution in [-0.4, -0.2) is 17.2 Å². The van der Waals surface area contributed by atoms with E-state index in [1.807, 2.05) is 0 Å². The Kier molecular flexibility index (Phi) is 2.76. The molecule has 2 aliphatic rings. The lowest BCUT2D eigenvalue weighted by Gasteiger charge is -2.15. The number of aliphatic imine (C=N–C) groups is 1. The molecule has 0 fully saturated rings. The molecule has 0 bridgehead atoms. The number of rotatable bonds is 1. The van der Waals surface area contributed by atoms with Crippen LogP contribution in [0, 0.1) is 26.7 Å². The number of nitrogens with zero attached hydrogens (tertiary/aromatic N) is 2. The minimum atomic E-state index is 0.551. The third-order valence-electron chi connectivity index (χ3n) is 4.95. The van der Waals surface area contributed by atoms with E-state index in [9.17, 15) is 0 Å². The molecule has 0 aromatic carbocycles. The average Bonchev–Trinajstić information content (AvgIpc) is 2.96. The first-order valence-electron chi connectivity index (χ1n) is 7.09. The van der Waals surface area contributed by atoms with Gasteiger partial charge in [0, 0.05) is 35.5 Å². The Balaban J connectivity index is 2.03. The van der Waals surface area contributed by atoms with Crippen molar-refractivity contribution in [2.75, 3.05) is 6.54 Å². The molecule has 1 aliphatic heterocycles. The number of hydrogen-bond acceptors (Lipinski definition) is 2. The predicted octanol–water partition coefficient (Wildman–Crippen LogP) is 3.52. The van der Waals surface area contributed by atoms with Crippen LogP contribution >= 0.6 is 0 Å². The van der Waals surface area contributed by atoms with Crippen molar-refractivity contribution >= 4 is 5.71 Å². The average molecular weight is 242 g/mol. The maximum absolute atomic E-state index is 4.86. The van der Waals surface area contributed by atoms with Crippen molar-refractivity contribution in [3.05, 3.63) is 28.1 Å². The molecule has 0 spiro atoms. The molecule has 18 heavy (non-hydrogen) atoms. The van der Waals surface area contributed by atoms with E-state index in [0.717, 1.165) is 13.0 Å². The van der Waals surface area contributed by atoms with Crippen LogP contribution in [0.25, 0.3) is 0 Å². The summed E-state index contributed by atoms with van der Waals surface area (Å²) in [5.74, 6) is 1.17. The van der Waals surface area contributed by atoms with Crippen LogP contribution in [0.5, 0.6) is 0 Å². The fourth-order valence-corrected chi connectivity index (χ4v) is 3.51. The summed E-state index contributed by atoms with van der Waals surface area (Å²) in [6, 6.07) is 0. The highest BCUT2D eigenvalue weighted by Gasteiger charge is 2.35. The molecular weight excluding hydrogens is 220 g/mol. The van der Waals surface area contributed by atoms with Gasteiger partial charge in [0.1, 0.15) is 0 Å². The first-order valence-corrected chi connectivity index (χ1v) is 7.09. The minimum absolute atomic E-state index is 0.551. The van der Waals surface area contributed by atoms with Crippen molar-refractivity contribution in [3.8, 4) is 0 Å². The van der Waals surface area contributed by atoms with Crippen molar-refractivity contribution in [2.24, 2.45) is 10.9 Å². The summed E-state index contributed by atoms with van der Waals surface area (Å²) in [6.07, 6.45) is 3.62. The van der Waals surface area contributed by atoms with Crippen LogP contribution in [0.1, 0.15) is 53.8 Å². The molecule has 2 atom stereocenters. The zero-order chi connectivity index (χ0) is 12.9. The van der Waals surface area contributed by atoms with Crippen molar-refractivity contribution < 1.29 is 0 Å². The van der Waals surface area contributed by atoms with E-state index in [4.69, 9.17) is 9.98 Å². The van der Waals surface area contributed by atoms with Crippen LogP contribution in [0.3, 0.4) is 0 Å². The molecule has 0 saturated heterocycles. The van der Waals surface area contributed by atoms with Gasteiger partial charge in [-0.05, 0) is 56.7 Å². The Morgan fingerprint density at radius 2 is 1.89 bits per heavy atom. The highest BCUT2D eigenvalue weighted by atomic mass is 14.8. The summed E-state index contributed by atoms with van der Waals surface area (Å²) in [6.45, 7) is 9.96. The van der Waals surface area contributed by atoms with Crippen molar-refractivity contribution in [1.82, 2.24) is 4.98 Å². The minimum Gasteiger partial charge on any atom is -0.294 e. The molecule has 1 aliphatic carbocycles. The Labute approximate surface area is 110 Å². The largest absolute Gasteiger partial charge is 0.294 e. The monoisotopic (exact) mass is 242 g/mol. The molecule has 1 aromatic rings. The van der Waals surface area contributed by atoms with Gasteiger partial charge in [0.2, 0.25) is 0 Å². The van der Waals surface area contributed by atoms with Crippen LogP contribution in [0.15, 0.2) is 4.99 Å².